The highest BCUT2D eigenvalue weighted by Crippen LogP contribution is 2.22. The lowest BCUT2D eigenvalue weighted by Crippen LogP contribution is -2.16. The van der Waals surface area contributed by atoms with Gasteiger partial charge in [0, 0.05) is 5.69 Å². The molecule has 7 nitrogen and oxygen atoms in total. The van der Waals surface area contributed by atoms with Crippen LogP contribution < -0.4 is 4.72 Å². The molecule has 19 heavy (non-hydrogen) atoms. The van der Waals surface area contributed by atoms with Gasteiger partial charge in [0.25, 0.3) is 10.0 Å². The molecule has 0 aliphatic rings. The van der Waals surface area contributed by atoms with Crippen LogP contribution in [0.3, 0.4) is 0 Å². The number of hydrogen-bond donors (Lipinski definition) is 2. The Kier molecular flexibility index (Phi) is 3.49. The molecule has 0 fully saturated rings. The Morgan fingerprint density at radius 2 is 2.16 bits per heavy atom. The van der Waals surface area contributed by atoms with Gasteiger partial charge >= 0.3 is 5.97 Å². The number of hydrogen-bond acceptors (Lipinski definition) is 6. The first-order chi connectivity index (χ1) is 8.90. The van der Waals surface area contributed by atoms with Crippen LogP contribution in [0.15, 0.2) is 27.9 Å². The molecule has 100 valence electrons. The van der Waals surface area contributed by atoms with Crippen LogP contribution in [0.4, 0.5) is 5.82 Å². The van der Waals surface area contributed by atoms with E-state index in [1.165, 1.54) is 11.6 Å². The van der Waals surface area contributed by atoms with Crippen LogP contribution in [-0.2, 0) is 10.0 Å². The Morgan fingerprint density at radius 3 is 2.79 bits per heavy atom. The summed E-state index contributed by atoms with van der Waals surface area (Å²) in [6.07, 6.45) is 0. The zero-order chi connectivity index (χ0) is 14.0. The van der Waals surface area contributed by atoms with Crippen molar-refractivity contribution < 1.29 is 18.3 Å². The second-order valence-electron chi connectivity index (χ2n) is 3.56. The third-order valence-corrected chi connectivity index (χ3v) is 4.83. The van der Waals surface area contributed by atoms with Gasteiger partial charge in [-0.25, -0.2) is 23.2 Å². The SMILES string of the molecule is Cc1cccc(NS(=O)(=O)c2scnc2C(=O)O)n1. The minimum Gasteiger partial charge on any atom is -0.476 e. The van der Waals surface area contributed by atoms with E-state index in [0.29, 0.717) is 5.69 Å². The van der Waals surface area contributed by atoms with E-state index in [2.05, 4.69) is 14.7 Å². The fourth-order valence-corrected chi connectivity index (χ4v) is 3.50. The fraction of sp³-hybridized carbons (Fsp3) is 0.100. The average molecular weight is 299 g/mol. The molecule has 0 atom stereocenters. The topological polar surface area (TPSA) is 109 Å². The molecule has 0 saturated heterocycles. The predicted molar refractivity (Wildman–Crippen MR) is 68.9 cm³/mol. The Balaban J connectivity index is 2.38. The molecule has 0 radical (unpaired) electrons. The first-order valence-electron chi connectivity index (χ1n) is 5.03. The number of carboxylic acids is 1. The van der Waals surface area contributed by atoms with Gasteiger partial charge < -0.3 is 5.11 Å². The maximum Gasteiger partial charge on any atom is 0.356 e. The van der Waals surface area contributed by atoms with Crippen LogP contribution in [0.1, 0.15) is 16.2 Å². The smallest absolute Gasteiger partial charge is 0.356 e. The molecule has 0 spiro atoms. The van der Waals surface area contributed by atoms with Crippen LogP contribution in [0.2, 0.25) is 0 Å². The van der Waals surface area contributed by atoms with Gasteiger partial charge in [0.05, 0.1) is 5.51 Å². The van der Waals surface area contributed by atoms with Crippen LogP contribution in [0.5, 0.6) is 0 Å². The molecule has 0 unspecified atom stereocenters. The van der Waals surface area contributed by atoms with Crippen molar-refractivity contribution in [2.75, 3.05) is 4.72 Å². The molecule has 0 saturated carbocycles. The van der Waals surface area contributed by atoms with Crippen molar-refractivity contribution in [1.29, 1.82) is 0 Å². The van der Waals surface area contributed by atoms with Crippen molar-refractivity contribution >= 4 is 33.1 Å². The molecule has 9 heteroatoms. The molecule has 0 bridgehead atoms. The van der Waals surface area contributed by atoms with E-state index in [0.717, 1.165) is 11.3 Å². The summed E-state index contributed by atoms with van der Waals surface area (Å²) in [7, 11) is -4.00. The van der Waals surface area contributed by atoms with Crippen molar-refractivity contribution in [3.63, 3.8) is 0 Å². The summed E-state index contributed by atoms with van der Waals surface area (Å²) in [6, 6.07) is 4.84. The Bertz CT molecular complexity index is 724. The lowest BCUT2D eigenvalue weighted by atomic mass is 10.4. The summed E-state index contributed by atoms with van der Waals surface area (Å²) in [5.74, 6) is -1.26. The number of aromatic carboxylic acids is 1. The van der Waals surface area contributed by atoms with Gasteiger partial charge in [0.2, 0.25) is 0 Å². The normalized spacial score (nSPS) is 11.2. The number of carboxylic acid groups (broad SMARTS) is 1. The van der Waals surface area contributed by atoms with E-state index >= 15 is 0 Å². The number of carbonyl (C=O) groups is 1. The lowest BCUT2D eigenvalue weighted by Gasteiger charge is -2.06. The number of thiazole rings is 1. The van der Waals surface area contributed by atoms with Crippen molar-refractivity contribution in [1.82, 2.24) is 9.97 Å². The Morgan fingerprint density at radius 1 is 1.42 bits per heavy atom. The molecule has 0 amide bonds. The molecule has 2 N–H and O–H groups in total. The largest absolute Gasteiger partial charge is 0.476 e. The monoisotopic (exact) mass is 299 g/mol. The average Bonchev–Trinajstić information content (AvgIpc) is 2.77. The summed E-state index contributed by atoms with van der Waals surface area (Å²) < 4.78 is 26.0. The summed E-state index contributed by atoms with van der Waals surface area (Å²) in [5.41, 5.74) is 1.31. The Labute approximate surface area is 113 Å². The van der Waals surface area contributed by atoms with E-state index in [1.807, 2.05) is 0 Å². The highest BCUT2D eigenvalue weighted by Gasteiger charge is 2.26. The van der Waals surface area contributed by atoms with E-state index in [9.17, 15) is 13.2 Å². The van der Waals surface area contributed by atoms with E-state index in [1.54, 1.807) is 19.1 Å². The lowest BCUT2D eigenvalue weighted by molar-refractivity contribution is 0.0687. The highest BCUT2D eigenvalue weighted by molar-refractivity contribution is 7.94. The number of aromatic nitrogens is 2. The second-order valence-corrected chi connectivity index (χ2v) is 6.30. The molecule has 0 aliphatic carbocycles. The molecular weight excluding hydrogens is 290 g/mol. The van der Waals surface area contributed by atoms with Crippen molar-refractivity contribution in [3.05, 3.63) is 35.1 Å². The number of aryl methyl sites for hydroxylation is 1. The van der Waals surface area contributed by atoms with Gasteiger partial charge in [0.1, 0.15) is 5.82 Å². The van der Waals surface area contributed by atoms with Gasteiger partial charge in [-0.3, -0.25) is 4.72 Å². The van der Waals surface area contributed by atoms with Gasteiger partial charge in [0.15, 0.2) is 9.90 Å². The maximum atomic E-state index is 12.1. The van der Waals surface area contributed by atoms with Crippen molar-refractivity contribution in [3.8, 4) is 0 Å². The summed E-state index contributed by atoms with van der Waals surface area (Å²) in [4.78, 5) is 18.4. The molecule has 0 aliphatic heterocycles. The molecule has 0 aromatic carbocycles. The van der Waals surface area contributed by atoms with Crippen molar-refractivity contribution in [2.24, 2.45) is 0 Å². The maximum absolute atomic E-state index is 12.1. The van der Waals surface area contributed by atoms with E-state index in [4.69, 9.17) is 5.11 Å². The third-order valence-electron chi connectivity index (χ3n) is 2.11. The van der Waals surface area contributed by atoms with Crippen LogP contribution in [0.25, 0.3) is 0 Å². The van der Waals surface area contributed by atoms with Crippen molar-refractivity contribution in [2.45, 2.75) is 11.1 Å². The van der Waals surface area contributed by atoms with Gasteiger partial charge in [-0.05, 0) is 19.1 Å². The molecule has 2 aromatic heterocycles. The summed E-state index contributed by atoms with van der Waals surface area (Å²) in [5, 5.41) is 8.86. The zero-order valence-electron chi connectivity index (χ0n) is 9.69. The number of sulfonamides is 1. The number of nitrogens with zero attached hydrogens (tertiary/aromatic N) is 2. The second kappa shape index (κ2) is 4.94. The van der Waals surface area contributed by atoms with Gasteiger partial charge in [-0.1, -0.05) is 6.07 Å². The van der Waals surface area contributed by atoms with Gasteiger partial charge in [-0.15, -0.1) is 11.3 Å². The number of nitrogens with one attached hydrogen (secondary N) is 1. The predicted octanol–water partition coefficient (Wildman–Crippen LogP) is 1.35. The minimum absolute atomic E-state index is 0.129. The first-order valence-corrected chi connectivity index (χ1v) is 7.39. The summed E-state index contributed by atoms with van der Waals surface area (Å²) >= 11 is 0.738. The van der Waals surface area contributed by atoms with Crippen LogP contribution in [0, 0.1) is 6.92 Å². The van der Waals surface area contributed by atoms with E-state index in [-0.39, 0.29) is 10.0 Å². The number of pyridine rings is 1. The molecular formula is C10H9N3O4S2. The third kappa shape index (κ3) is 2.88. The van der Waals surface area contributed by atoms with Gasteiger partial charge in [-0.2, -0.15) is 0 Å². The molecule has 2 rings (SSSR count). The summed E-state index contributed by atoms with van der Waals surface area (Å²) in [6.45, 7) is 1.72. The van der Waals surface area contributed by atoms with E-state index < -0.39 is 21.7 Å². The highest BCUT2D eigenvalue weighted by atomic mass is 32.2. The molecule has 2 heterocycles. The zero-order valence-corrected chi connectivity index (χ0v) is 11.3. The number of anilines is 1. The van der Waals surface area contributed by atoms with Crippen LogP contribution in [-0.4, -0.2) is 29.5 Å². The minimum atomic E-state index is -4.00. The van der Waals surface area contributed by atoms with Crippen LogP contribution >= 0.6 is 11.3 Å². The quantitative estimate of drug-likeness (QED) is 0.881. The number of rotatable bonds is 4. The molecule has 2 aromatic rings. The standard InChI is InChI=1S/C10H9N3O4S2/c1-6-3-2-4-7(12-6)13-19(16,17)10-8(9(14)15)11-5-18-10/h2-5H,1H3,(H,12,13)(H,14,15). The fourth-order valence-electron chi connectivity index (χ4n) is 1.35. The first kappa shape index (κ1) is 13.4. The Hall–Kier alpha value is -2.00.